The van der Waals surface area contributed by atoms with Crippen molar-refractivity contribution < 1.29 is 19.4 Å². The fraction of sp³-hybridized carbons (Fsp3) is 0.222. The summed E-state index contributed by atoms with van der Waals surface area (Å²) in [5.74, 6) is -0.296. The smallest absolute Gasteiger partial charge is 0.341 e. The SMILES string of the molecule is COC(=O)c1cc(OC)cc(Br)c1O. The van der Waals surface area contributed by atoms with Crippen LogP contribution in [0.5, 0.6) is 11.5 Å². The van der Waals surface area contributed by atoms with Crippen LogP contribution in [0.25, 0.3) is 0 Å². The Hall–Kier alpha value is -1.23. The predicted octanol–water partition coefficient (Wildman–Crippen LogP) is 1.95. The number of ether oxygens (including phenoxy) is 2. The zero-order valence-electron chi connectivity index (χ0n) is 7.70. The first kappa shape index (κ1) is 10.8. The van der Waals surface area contributed by atoms with Gasteiger partial charge in [-0.05, 0) is 28.1 Å². The van der Waals surface area contributed by atoms with Gasteiger partial charge in [-0.25, -0.2) is 4.79 Å². The van der Waals surface area contributed by atoms with Gasteiger partial charge in [0.2, 0.25) is 0 Å². The molecule has 0 bridgehead atoms. The lowest BCUT2D eigenvalue weighted by atomic mass is 10.2. The molecule has 0 heterocycles. The van der Waals surface area contributed by atoms with E-state index in [0.717, 1.165) is 0 Å². The van der Waals surface area contributed by atoms with Crippen molar-refractivity contribution in [3.8, 4) is 11.5 Å². The maximum atomic E-state index is 11.2. The Balaban J connectivity index is 3.27. The molecule has 1 aromatic rings. The van der Waals surface area contributed by atoms with Crippen molar-refractivity contribution in [1.82, 2.24) is 0 Å². The van der Waals surface area contributed by atoms with Crippen LogP contribution in [0.15, 0.2) is 16.6 Å². The van der Waals surface area contributed by atoms with Crippen molar-refractivity contribution in [3.05, 3.63) is 22.2 Å². The lowest BCUT2D eigenvalue weighted by molar-refractivity contribution is 0.0597. The highest BCUT2D eigenvalue weighted by atomic mass is 79.9. The van der Waals surface area contributed by atoms with Gasteiger partial charge in [0.05, 0.1) is 18.7 Å². The van der Waals surface area contributed by atoms with Gasteiger partial charge < -0.3 is 14.6 Å². The maximum absolute atomic E-state index is 11.2. The van der Waals surface area contributed by atoms with E-state index in [4.69, 9.17) is 4.74 Å². The maximum Gasteiger partial charge on any atom is 0.341 e. The molecule has 0 aliphatic heterocycles. The Kier molecular flexibility index (Phi) is 3.35. The van der Waals surface area contributed by atoms with Crippen LogP contribution in [0.4, 0.5) is 0 Å². The molecule has 0 saturated carbocycles. The first-order valence-electron chi connectivity index (χ1n) is 3.75. The van der Waals surface area contributed by atoms with Crippen molar-refractivity contribution >= 4 is 21.9 Å². The number of hydrogen-bond donors (Lipinski definition) is 1. The summed E-state index contributed by atoms with van der Waals surface area (Å²) in [6.45, 7) is 0. The summed E-state index contributed by atoms with van der Waals surface area (Å²) in [4.78, 5) is 11.2. The van der Waals surface area contributed by atoms with E-state index in [9.17, 15) is 9.90 Å². The number of phenolic OH excluding ortho intramolecular Hbond substituents is 1. The molecule has 14 heavy (non-hydrogen) atoms. The highest BCUT2D eigenvalue weighted by molar-refractivity contribution is 9.10. The molecule has 0 amide bonds. The van der Waals surface area contributed by atoms with Crippen LogP contribution >= 0.6 is 15.9 Å². The molecule has 0 saturated heterocycles. The molecule has 76 valence electrons. The normalized spacial score (nSPS) is 9.64. The molecule has 0 aliphatic carbocycles. The second kappa shape index (κ2) is 4.32. The second-order valence-corrected chi connectivity index (χ2v) is 3.35. The standard InChI is InChI=1S/C9H9BrO4/c1-13-5-3-6(9(12)14-2)8(11)7(10)4-5/h3-4,11H,1-2H3. The molecule has 5 heteroatoms. The molecule has 1 rings (SSSR count). The lowest BCUT2D eigenvalue weighted by Crippen LogP contribution is -2.02. The van der Waals surface area contributed by atoms with Crippen molar-refractivity contribution in [1.29, 1.82) is 0 Å². The van der Waals surface area contributed by atoms with Gasteiger partial charge in [-0.1, -0.05) is 0 Å². The highest BCUT2D eigenvalue weighted by Gasteiger charge is 2.15. The topological polar surface area (TPSA) is 55.8 Å². The summed E-state index contributed by atoms with van der Waals surface area (Å²) in [6.07, 6.45) is 0. The third kappa shape index (κ3) is 1.98. The monoisotopic (exact) mass is 260 g/mol. The Morgan fingerprint density at radius 1 is 1.43 bits per heavy atom. The van der Waals surface area contributed by atoms with Crippen LogP contribution in [0, 0.1) is 0 Å². The molecule has 0 aliphatic rings. The van der Waals surface area contributed by atoms with Crippen LogP contribution in [0.3, 0.4) is 0 Å². The number of aromatic hydroxyl groups is 1. The number of benzene rings is 1. The summed E-state index contributed by atoms with van der Waals surface area (Å²) in [6, 6.07) is 2.97. The van der Waals surface area contributed by atoms with E-state index in [0.29, 0.717) is 10.2 Å². The predicted molar refractivity (Wildman–Crippen MR) is 53.7 cm³/mol. The molecule has 1 N–H and O–H groups in total. The van der Waals surface area contributed by atoms with Gasteiger partial charge in [0.1, 0.15) is 17.1 Å². The van der Waals surface area contributed by atoms with E-state index >= 15 is 0 Å². The zero-order valence-corrected chi connectivity index (χ0v) is 9.29. The largest absolute Gasteiger partial charge is 0.506 e. The quantitative estimate of drug-likeness (QED) is 0.826. The van der Waals surface area contributed by atoms with Gasteiger partial charge in [-0.2, -0.15) is 0 Å². The van der Waals surface area contributed by atoms with E-state index in [2.05, 4.69) is 20.7 Å². The summed E-state index contributed by atoms with van der Waals surface area (Å²) >= 11 is 3.10. The Bertz CT molecular complexity index is 362. The first-order chi connectivity index (χ1) is 6.60. The van der Waals surface area contributed by atoms with Crippen LogP contribution < -0.4 is 4.74 Å². The number of carbonyl (C=O) groups is 1. The highest BCUT2D eigenvalue weighted by Crippen LogP contribution is 2.32. The number of hydrogen-bond acceptors (Lipinski definition) is 4. The minimum atomic E-state index is -0.609. The van der Waals surface area contributed by atoms with Gasteiger partial charge in [-0.15, -0.1) is 0 Å². The average Bonchev–Trinajstić information content (AvgIpc) is 2.20. The van der Waals surface area contributed by atoms with Crippen molar-refractivity contribution in [2.45, 2.75) is 0 Å². The van der Waals surface area contributed by atoms with Crippen molar-refractivity contribution in [3.63, 3.8) is 0 Å². The van der Waals surface area contributed by atoms with E-state index in [1.54, 1.807) is 6.07 Å². The van der Waals surface area contributed by atoms with E-state index < -0.39 is 5.97 Å². The number of rotatable bonds is 2. The van der Waals surface area contributed by atoms with Crippen LogP contribution in [-0.2, 0) is 4.74 Å². The Morgan fingerprint density at radius 3 is 2.57 bits per heavy atom. The second-order valence-electron chi connectivity index (χ2n) is 2.50. The van der Waals surface area contributed by atoms with Gasteiger partial charge in [0.25, 0.3) is 0 Å². The third-order valence-corrected chi connectivity index (χ3v) is 2.28. The van der Waals surface area contributed by atoms with Crippen molar-refractivity contribution in [2.75, 3.05) is 14.2 Å². The molecule has 1 aromatic carbocycles. The van der Waals surface area contributed by atoms with Gasteiger partial charge in [0, 0.05) is 0 Å². The fourth-order valence-corrected chi connectivity index (χ4v) is 1.40. The van der Waals surface area contributed by atoms with Crippen LogP contribution in [0.2, 0.25) is 0 Å². The molecule has 0 radical (unpaired) electrons. The van der Waals surface area contributed by atoms with Gasteiger partial charge in [-0.3, -0.25) is 0 Å². The number of esters is 1. The Morgan fingerprint density at radius 2 is 2.07 bits per heavy atom. The van der Waals surface area contributed by atoms with E-state index in [1.165, 1.54) is 20.3 Å². The summed E-state index contributed by atoms with van der Waals surface area (Å²) in [5, 5.41) is 9.52. The Labute approximate surface area is 89.6 Å². The third-order valence-electron chi connectivity index (χ3n) is 1.68. The molecular weight excluding hydrogens is 252 g/mol. The summed E-state index contributed by atoms with van der Waals surface area (Å²) < 4.78 is 9.82. The fourth-order valence-electron chi connectivity index (χ4n) is 0.958. The molecule has 0 unspecified atom stereocenters. The van der Waals surface area contributed by atoms with Gasteiger partial charge in [0.15, 0.2) is 0 Å². The van der Waals surface area contributed by atoms with Crippen LogP contribution in [-0.4, -0.2) is 25.3 Å². The number of methoxy groups -OCH3 is 2. The van der Waals surface area contributed by atoms with E-state index in [1.807, 2.05) is 0 Å². The molecule has 0 spiro atoms. The van der Waals surface area contributed by atoms with Crippen LogP contribution in [0.1, 0.15) is 10.4 Å². The number of halogens is 1. The van der Waals surface area contributed by atoms with Crippen molar-refractivity contribution in [2.24, 2.45) is 0 Å². The van der Waals surface area contributed by atoms with Gasteiger partial charge >= 0.3 is 5.97 Å². The molecule has 0 atom stereocenters. The number of phenols is 1. The zero-order chi connectivity index (χ0) is 10.7. The van der Waals surface area contributed by atoms with E-state index in [-0.39, 0.29) is 11.3 Å². The molecule has 0 fully saturated rings. The summed E-state index contributed by atoms with van der Waals surface area (Å²) in [5.41, 5.74) is 0.0683. The number of carbonyl (C=O) groups excluding carboxylic acids is 1. The molecule has 0 aromatic heterocycles. The molecular formula is C9H9BrO4. The minimum Gasteiger partial charge on any atom is -0.506 e. The first-order valence-corrected chi connectivity index (χ1v) is 4.54. The minimum absolute atomic E-state index is 0.0683. The lowest BCUT2D eigenvalue weighted by Gasteiger charge is -2.07. The average molecular weight is 261 g/mol. The molecule has 4 nitrogen and oxygen atoms in total. The summed E-state index contributed by atoms with van der Waals surface area (Å²) in [7, 11) is 2.72.